The number of carbonyl (C=O) groups is 2. The second kappa shape index (κ2) is 7.00. The van der Waals surface area contributed by atoms with Crippen LogP contribution in [0, 0.1) is 34.5 Å². The van der Waals surface area contributed by atoms with Crippen molar-refractivity contribution in [2.75, 3.05) is 11.1 Å². The lowest BCUT2D eigenvalue weighted by Gasteiger charge is -2.60. The molecule has 30 heavy (non-hydrogen) atoms. The van der Waals surface area contributed by atoms with Gasteiger partial charge in [-0.25, -0.2) is 0 Å². The van der Waals surface area contributed by atoms with Crippen molar-refractivity contribution >= 4 is 23.2 Å². The second-order valence-electron chi connectivity index (χ2n) is 10.9. The molecule has 162 valence electrons. The predicted molar refractivity (Wildman–Crippen MR) is 119 cm³/mol. The maximum atomic E-state index is 13.3. The lowest BCUT2D eigenvalue weighted by atomic mass is 9.47. The number of hydrogen-bond acceptors (Lipinski definition) is 3. The second-order valence-corrected chi connectivity index (χ2v) is 10.9. The van der Waals surface area contributed by atoms with Gasteiger partial charge in [-0.15, -0.1) is 0 Å². The van der Waals surface area contributed by atoms with Crippen molar-refractivity contribution in [1.29, 1.82) is 0 Å². The number of nitrogen functional groups attached to an aromatic ring is 1. The molecule has 3 aliphatic carbocycles. The van der Waals surface area contributed by atoms with Crippen LogP contribution in [0.3, 0.4) is 0 Å². The Kier molecular flexibility index (Phi) is 4.64. The van der Waals surface area contributed by atoms with Gasteiger partial charge in [0.25, 0.3) is 0 Å². The Balaban J connectivity index is 1.34. The zero-order chi connectivity index (χ0) is 21.1. The molecule has 5 rings (SSSR count). The summed E-state index contributed by atoms with van der Waals surface area (Å²) >= 11 is 0. The van der Waals surface area contributed by atoms with E-state index in [-0.39, 0.29) is 28.6 Å². The predicted octanol–water partition coefficient (Wildman–Crippen LogP) is 4.34. The number of nitrogens with two attached hydrogens (primary N) is 1. The molecule has 5 heteroatoms. The molecule has 0 radical (unpaired) electrons. The van der Waals surface area contributed by atoms with Gasteiger partial charge in [-0.1, -0.05) is 13.8 Å². The third kappa shape index (κ3) is 2.96. The molecule has 1 aromatic rings. The molecule has 1 aromatic carbocycles. The molecule has 1 saturated heterocycles. The Bertz CT molecular complexity index is 852. The quantitative estimate of drug-likeness (QED) is 0.635. The molecule has 5 nitrogen and oxygen atoms in total. The van der Waals surface area contributed by atoms with Gasteiger partial charge in [-0.3, -0.25) is 9.59 Å². The van der Waals surface area contributed by atoms with Gasteiger partial charge in [-0.05, 0) is 97.8 Å². The lowest BCUT2D eigenvalue weighted by Crippen LogP contribution is -2.61. The summed E-state index contributed by atoms with van der Waals surface area (Å²) in [5, 5.41) is 6.46. The van der Waals surface area contributed by atoms with Gasteiger partial charge >= 0.3 is 0 Å². The van der Waals surface area contributed by atoms with E-state index in [4.69, 9.17) is 5.73 Å². The Morgan fingerprint density at radius 2 is 1.73 bits per heavy atom. The molecule has 7 atom stereocenters. The zero-order valence-electron chi connectivity index (χ0n) is 18.2. The van der Waals surface area contributed by atoms with Crippen LogP contribution in [0.1, 0.15) is 65.2 Å². The van der Waals surface area contributed by atoms with Crippen molar-refractivity contribution in [1.82, 2.24) is 5.32 Å². The zero-order valence-corrected chi connectivity index (χ0v) is 18.2. The van der Waals surface area contributed by atoms with Crippen molar-refractivity contribution in [2.24, 2.45) is 34.5 Å². The average molecular weight is 410 g/mol. The van der Waals surface area contributed by atoms with Crippen molar-refractivity contribution < 1.29 is 9.59 Å². The van der Waals surface area contributed by atoms with Crippen molar-refractivity contribution in [3.05, 3.63) is 24.3 Å². The summed E-state index contributed by atoms with van der Waals surface area (Å²) in [5.41, 5.74) is 7.63. The Hall–Kier alpha value is -2.04. The summed E-state index contributed by atoms with van der Waals surface area (Å²) in [6.45, 7) is 4.81. The van der Waals surface area contributed by atoms with Crippen LogP contribution in [0.5, 0.6) is 0 Å². The van der Waals surface area contributed by atoms with E-state index in [9.17, 15) is 9.59 Å². The standard InChI is InChI=1S/C25H35N3O2/c1-24-13-11-19-17(7-10-21-25(19,2)14-12-22(29)28-21)18(24)8-9-20(24)23(30)27-16-5-3-15(26)4-6-16/h3-6,17-21H,7-14,26H2,1-2H3,(H,27,30)(H,28,29)/t17-,18-,19+,20?,21?,24-,25+/m0/s1. The summed E-state index contributed by atoms with van der Waals surface area (Å²) in [6.07, 6.45) is 8.43. The van der Waals surface area contributed by atoms with Gasteiger partial charge < -0.3 is 16.4 Å². The van der Waals surface area contributed by atoms with E-state index in [1.165, 1.54) is 12.8 Å². The van der Waals surface area contributed by atoms with E-state index < -0.39 is 0 Å². The number of fused-ring (bicyclic) bond motifs is 5. The lowest BCUT2D eigenvalue weighted by molar-refractivity contribution is -0.140. The van der Waals surface area contributed by atoms with E-state index in [1.54, 1.807) is 0 Å². The van der Waals surface area contributed by atoms with Gasteiger partial charge in [0.15, 0.2) is 0 Å². The first kappa shape index (κ1) is 19.9. The fraction of sp³-hybridized carbons (Fsp3) is 0.680. The first-order valence-electron chi connectivity index (χ1n) is 11.8. The van der Waals surface area contributed by atoms with E-state index >= 15 is 0 Å². The highest BCUT2D eigenvalue weighted by Gasteiger charge is 2.61. The van der Waals surface area contributed by atoms with E-state index in [0.29, 0.717) is 35.9 Å². The maximum absolute atomic E-state index is 13.3. The van der Waals surface area contributed by atoms with Crippen molar-refractivity contribution in [2.45, 2.75) is 71.3 Å². The van der Waals surface area contributed by atoms with E-state index in [1.807, 2.05) is 24.3 Å². The molecule has 1 aliphatic heterocycles. The summed E-state index contributed by atoms with van der Waals surface area (Å²) in [5.74, 6) is 2.47. The average Bonchev–Trinajstić information content (AvgIpc) is 3.07. The van der Waals surface area contributed by atoms with Crippen LogP contribution in [0.25, 0.3) is 0 Å². The highest BCUT2D eigenvalue weighted by atomic mass is 16.2. The number of carbonyl (C=O) groups excluding carboxylic acids is 2. The highest BCUT2D eigenvalue weighted by molar-refractivity contribution is 5.93. The monoisotopic (exact) mass is 409 g/mol. The minimum atomic E-state index is 0.0811. The molecule has 0 spiro atoms. The van der Waals surface area contributed by atoms with Gasteiger partial charge in [-0.2, -0.15) is 0 Å². The Morgan fingerprint density at radius 1 is 1.00 bits per heavy atom. The van der Waals surface area contributed by atoms with Gasteiger partial charge in [0.1, 0.15) is 0 Å². The van der Waals surface area contributed by atoms with Gasteiger partial charge in [0.05, 0.1) is 0 Å². The van der Waals surface area contributed by atoms with Crippen molar-refractivity contribution in [3.8, 4) is 0 Å². The van der Waals surface area contributed by atoms with Crippen molar-refractivity contribution in [3.63, 3.8) is 0 Å². The third-order valence-corrected chi connectivity index (χ3v) is 9.59. The molecule has 4 aliphatic rings. The van der Waals surface area contributed by atoms with Crippen LogP contribution in [-0.2, 0) is 9.59 Å². The minimum absolute atomic E-state index is 0.0811. The van der Waals surface area contributed by atoms with Gasteiger partial charge in [0.2, 0.25) is 11.8 Å². The van der Waals surface area contributed by atoms with Crippen LogP contribution in [-0.4, -0.2) is 17.9 Å². The molecular weight excluding hydrogens is 374 g/mol. The molecule has 3 saturated carbocycles. The minimum Gasteiger partial charge on any atom is -0.399 e. The fourth-order valence-corrected chi connectivity index (χ4v) is 7.93. The first-order chi connectivity index (χ1) is 14.3. The first-order valence-corrected chi connectivity index (χ1v) is 11.8. The number of rotatable bonds is 2. The number of nitrogens with one attached hydrogen (secondary N) is 2. The molecule has 4 N–H and O–H groups in total. The third-order valence-electron chi connectivity index (χ3n) is 9.59. The number of amides is 2. The molecule has 4 fully saturated rings. The Labute approximate surface area is 179 Å². The summed E-state index contributed by atoms with van der Waals surface area (Å²) in [4.78, 5) is 25.2. The van der Waals surface area contributed by atoms with E-state index in [2.05, 4.69) is 24.5 Å². The largest absolute Gasteiger partial charge is 0.399 e. The van der Waals surface area contributed by atoms with E-state index in [0.717, 1.165) is 37.8 Å². The summed E-state index contributed by atoms with van der Waals surface area (Å²) < 4.78 is 0. The molecule has 1 heterocycles. The number of piperidine rings is 1. The van der Waals surface area contributed by atoms with Crippen LogP contribution in [0.4, 0.5) is 11.4 Å². The smallest absolute Gasteiger partial charge is 0.228 e. The number of benzene rings is 1. The molecular formula is C25H35N3O2. The van der Waals surface area contributed by atoms with Crippen LogP contribution >= 0.6 is 0 Å². The molecule has 2 unspecified atom stereocenters. The van der Waals surface area contributed by atoms with Crippen LogP contribution in [0.15, 0.2) is 24.3 Å². The van der Waals surface area contributed by atoms with Crippen LogP contribution in [0.2, 0.25) is 0 Å². The SMILES string of the molecule is C[C@]12CCC(=O)NC1CC[C@@H]1[C@H]2CC[C@]2(C)C(C(=O)Nc3ccc(N)cc3)CC[C@@H]12. The normalized spacial score (nSPS) is 42.5. The molecule has 2 amide bonds. The fourth-order valence-electron chi connectivity index (χ4n) is 7.93. The highest BCUT2D eigenvalue weighted by Crippen LogP contribution is 2.65. The van der Waals surface area contributed by atoms with Gasteiger partial charge in [0, 0.05) is 29.8 Å². The number of anilines is 2. The Morgan fingerprint density at radius 3 is 2.50 bits per heavy atom. The molecule has 0 aromatic heterocycles. The molecule has 0 bridgehead atoms. The number of hydrogen-bond donors (Lipinski definition) is 3. The summed E-state index contributed by atoms with van der Waals surface area (Å²) in [6, 6.07) is 7.79. The van der Waals surface area contributed by atoms with Crippen LogP contribution < -0.4 is 16.4 Å². The summed E-state index contributed by atoms with van der Waals surface area (Å²) in [7, 11) is 0. The maximum Gasteiger partial charge on any atom is 0.228 e. The topological polar surface area (TPSA) is 84.2 Å².